The molecule has 100 valence electrons. The Morgan fingerprint density at radius 2 is 2.35 bits per heavy atom. The van der Waals surface area contributed by atoms with Crippen LogP contribution in [0.5, 0.6) is 0 Å². The van der Waals surface area contributed by atoms with Crippen LogP contribution in [0.3, 0.4) is 0 Å². The van der Waals surface area contributed by atoms with Crippen LogP contribution in [0.4, 0.5) is 0 Å². The first-order chi connectivity index (χ1) is 8.06. The van der Waals surface area contributed by atoms with E-state index in [0.29, 0.717) is 12.6 Å². The van der Waals surface area contributed by atoms with Crippen molar-refractivity contribution in [2.75, 3.05) is 26.4 Å². The molecule has 2 atom stereocenters. The lowest BCUT2D eigenvalue weighted by Crippen LogP contribution is -2.45. The minimum Gasteiger partial charge on any atom is -0.376 e. The molecular weight excluding hydrogens is 214 g/mol. The van der Waals surface area contributed by atoms with Crippen LogP contribution in [0.25, 0.3) is 0 Å². The van der Waals surface area contributed by atoms with Crippen LogP contribution in [0.1, 0.15) is 40.0 Å². The van der Waals surface area contributed by atoms with Crippen LogP contribution in [-0.4, -0.2) is 38.0 Å². The minimum absolute atomic E-state index is 0.0640. The van der Waals surface area contributed by atoms with Gasteiger partial charge in [-0.1, -0.05) is 19.1 Å². The number of hydrogen-bond acceptors (Lipinski definition) is 3. The maximum Gasteiger partial charge on any atom is 0.0672 e. The second-order valence-corrected chi connectivity index (χ2v) is 5.31. The van der Waals surface area contributed by atoms with Crippen molar-refractivity contribution in [2.45, 2.75) is 51.7 Å². The second kappa shape index (κ2) is 7.14. The van der Waals surface area contributed by atoms with Gasteiger partial charge in [0.15, 0.2) is 0 Å². The Hall–Kier alpha value is -0.380. The molecule has 0 saturated carbocycles. The zero-order chi connectivity index (χ0) is 12.7. The Labute approximate surface area is 106 Å². The molecule has 3 nitrogen and oxygen atoms in total. The van der Waals surface area contributed by atoms with Crippen LogP contribution in [0, 0.1) is 0 Å². The van der Waals surface area contributed by atoms with Crippen molar-refractivity contribution in [2.24, 2.45) is 0 Å². The van der Waals surface area contributed by atoms with Crippen LogP contribution in [-0.2, 0) is 9.47 Å². The molecule has 1 heterocycles. The highest BCUT2D eigenvalue weighted by Gasteiger charge is 2.31. The average molecular weight is 241 g/mol. The van der Waals surface area contributed by atoms with Crippen molar-refractivity contribution in [3.8, 4) is 0 Å². The highest BCUT2D eigenvalue weighted by molar-refractivity contribution is 4.87. The van der Waals surface area contributed by atoms with Gasteiger partial charge in [-0.05, 0) is 33.1 Å². The fourth-order valence-corrected chi connectivity index (χ4v) is 2.13. The van der Waals surface area contributed by atoms with Crippen molar-refractivity contribution in [3.63, 3.8) is 0 Å². The highest BCUT2D eigenvalue weighted by atomic mass is 16.5. The van der Waals surface area contributed by atoms with Gasteiger partial charge in [-0.3, -0.25) is 0 Å². The molecule has 0 aliphatic carbocycles. The normalized spacial score (nSPS) is 29.2. The number of nitrogens with one attached hydrogen (secondary N) is 1. The first kappa shape index (κ1) is 14.7. The van der Waals surface area contributed by atoms with Gasteiger partial charge in [0.1, 0.15) is 0 Å². The van der Waals surface area contributed by atoms with E-state index < -0.39 is 0 Å². The lowest BCUT2D eigenvalue weighted by molar-refractivity contribution is -0.0783. The molecular formula is C14H27NO2. The molecule has 1 N–H and O–H groups in total. The molecule has 0 aromatic rings. The van der Waals surface area contributed by atoms with E-state index in [1.54, 1.807) is 0 Å². The fraction of sp³-hybridized carbons (Fsp3) is 0.857. The summed E-state index contributed by atoms with van der Waals surface area (Å²) in [5, 5.41) is 3.55. The van der Waals surface area contributed by atoms with Crippen molar-refractivity contribution in [1.82, 2.24) is 5.32 Å². The minimum atomic E-state index is 0.0640. The summed E-state index contributed by atoms with van der Waals surface area (Å²) in [6.07, 6.45) is 3.29. The summed E-state index contributed by atoms with van der Waals surface area (Å²) in [7, 11) is 0. The van der Waals surface area contributed by atoms with Gasteiger partial charge in [-0.2, -0.15) is 0 Å². The predicted molar refractivity (Wildman–Crippen MR) is 71.3 cm³/mol. The van der Waals surface area contributed by atoms with Crippen LogP contribution < -0.4 is 5.32 Å². The van der Waals surface area contributed by atoms with Crippen LogP contribution in [0.15, 0.2) is 12.2 Å². The average Bonchev–Trinajstić information content (AvgIpc) is 2.28. The molecule has 2 unspecified atom stereocenters. The highest BCUT2D eigenvalue weighted by Crippen LogP contribution is 2.27. The first-order valence-corrected chi connectivity index (χ1v) is 6.65. The van der Waals surface area contributed by atoms with E-state index in [2.05, 4.69) is 25.7 Å². The largest absolute Gasteiger partial charge is 0.376 e. The fourth-order valence-electron chi connectivity index (χ4n) is 2.13. The Morgan fingerprint density at radius 1 is 1.59 bits per heavy atom. The van der Waals surface area contributed by atoms with Gasteiger partial charge < -0.3 is 14.8 Å². The zero-order valence-electron chi connectivity index (χ0n) is 11.6. The third-order valence-corrected chi connectivity index (χ3v) is 3.37. The standard InChI is InChI=1S/C14H27NO2/c1-5-14(4)10-13(6-8-17-14)15-7-9-16-11-12(2)3/h13,15H,2,5-11H2,1,3-4H3. The SMILES string of the molecule is C=C(C)COCCNC1CCOC(C)(CC)C1. The molecule has 1 fully saturated rings. The third kappa shape index (κ3) is 5.66. The number of ether oxygens (including phenoxy) is 2. The van der Waals surface area contributed by atoms with E-state index in [4.69, 9.17) is 9.47 Å². The Morgan fingerprint density at radius 3 is 3.00 bits per heavy atom. The summed E-state index contributed by atoms with van der Waals surface area (Å²) < 4.78 is 11.3. The summed E-state index contributed by atoms with van der Waals surface area (Å²) in [6, 6.07) is 0.571. The zero-order valence-corrected chi connectivity index (χ0v) is 11.6. The van der Waals surface area contributed by atoms with Crippen molar-refractivity contribution in [1.29, 1.82) is 0 Å². The smallest absolute Gasteiger partial charge is 0.0672 e. The van der Waals surface area contributed by atoms with Gasteiger partial charge >= 0.3 is 0 Å². The van der Waals surface area contributed by atoms with Gasteiger partial charge in [-0.15, -0.1) is 0 Å². The molecule has 3 heteroatoms. The molecule has 1 aliphatic rings. The number of rotatable bonds is 7. The van der Waals surface area contributed by atoms with E-state index >= 15 is 0 Å². The monoisotopic (exact) mass is 241 g/mol. The summed E-state index contributed by atoms with van der Waals surface area (Å²) >= 11 is 0. The lowest BCUT2D eigenvalue weighted by Gasteiger charge is -2.38. The van der Waals surface area contributed by atoms with Crippen molar-refractivity contribution >= 4 is 0 Å². The van der Waals surface area contributed by atoms with Gasteiger partial charge in [0.25, 0.3) is 0 Å². The van der Waals surface area contributed by atoms with Gasteiger partial charge in [-0.25, -0.2) is 0 Å². The molecule has 1 saturated heterocycles. The molecule has 0 amide bonds. The van der Waals surface area contributed by atoms with Crippen LogP contribution in [0.2, 0.25) is 0 Å². The summed E-state index contributed by atoms with van der Waals surface area (Å²) in [4.78, 5) is 0. The molecule has 0 bridgehead atoms. The molecule has 0 aromatic heterocycles. The van der Waals surface area contributed by atoms with Crippen molar-refractivity contribution < 1.29 is 9.47 Å². The van der Waals surface area contributed by atoms with Gasteiger partial charge in [0.2, 0.25) is 0 Å². The van der Waals surface area contributed by atoms with E-state index in [0.717, 1.165) is 44.6 Å². The Bertz CT molecular complexity index is 242. The first-order valence-electron chi connectivity index (χ1n) is 6.65. The van der Waals surface area contributed by atoms with E-state index in [1.807, 2.05) is 6.92 Å². The molecule has 0 spiro atoms. The number of hydrogen-bond donors (Lipinski definition) is 1. The van der Waals surface area contributed by atoms with Crippen LogP contribution >= 0.6 is 0 Å². The maximum atomic E-state index is 5.82. The second-order valence-electron chi connectivity index (χ2n) is 5.31. The maximum absolute atomic E-state index is 5.82. The molecule has 17 heavy (non-hydrogen) atoms. The predicted octanol–water partition coefficient (Wildman–Crippen LogP) is 2.52. The lowest BCUT2D eigenvalue weighted by atomic mass is 9.90. The summed E-state index contributed by atoms with van der Waals surface area (Å²) in [5.41, 5.74) is 1.14. The summed E-state index contributed by atoms with van der Waals surface area (Å²) in [5.74, 6) is 0. The van der Waals surface area contributed by atoms with Crippen molar-refractivity contribution in [3.05, 3.63) is 12.2 Å². The Kier molecular flexibility index (Phi) is 6.17. The third-order valence-electron chi connectivity index (χ3n) is 3.37. The van der Waals surface area contributed by atoms with E-state index in [1.165, 1.54) is 0 Å². The van der Waals surface area contributed by atoms with Gasteiger partial charge in [0.05, 0.1) is 18.8 Å². The molecule has 1 aliphatic heterocycles. The summed E-state index contributed by atoms with van der Waals surface area (Å²) in [6.45, 7) is 13.4. The molecule has 1 rings (SSSR count). The topological polar surface area (TPSA) is 30.5 Å². The van der Waals surface area contributed by atoms with Gasteiger partial charge in [0, 0.05) is 19.2 Å². The quantitative estimate of drug-likeness (QED) is 0.549. The van der Waals surface area contributed by atoms with E-state index in [-0.39, 0.29) is 5.60 Å². The molecule has 0 aromatic carbocycles. The molecule has 0 radical (unpaired) electrons. The Balaban J connectivity index is 2.12. The van der Waals surface area contributed by atoms with E-state index in [9.17, 15) is 0 Å².